The van der Waals surface area contributed by atoms with Crippen LogP contribution < -0.4 is 20.5 Å². The zero-order chi connectivity index (χ0) is 17.2. The van der Waals surface area contributed by atoms with E-state index in [2.05, 4.69) is 5.32 Å². The van der Waals surface area contributed by atoms with Crippen molar-refractivity contribution in [3.63, 3.8) is 0 Å². The molecule has 0 unspecified atom stereocenters. The second-order valence-corrected chi connectivity index (χ2v) is 5.04. The van der Waals surface area contributed by atoms with Gasteiger partial charge in [-0.3, -0.25) is 9.59 Å². The Hall–Kier alpha value is -3.02. The second kappa shape index (κ2) is 9.19. The van der Waals surface area contributed by atoms with E-state index in [1.807, 2.05) is 30.3 Å². The molecule has 2 aromatic carbocycles. The molecular formula is C18H20N2O4. The molecule has 0 atom stereocenters. The number of rotatable bonds is 9. The number of hydrogen-bond donors (Lipinski definition) is 2. The molecule has 126 valence electrons. The maximum atomic E-state index is 11.7. The molecule has 3 N–H and O–H groups in total. The van der Waals surface area contributed by atoms with Crippen LogP contribution in [-0.2, 0) is 4.79 Å². The Morgan fingerprint density at radius 1 is 0.875 bits per heavy atom. The first-order valence-electron chi connectivity index (χ1n) is 7.62. The van der Waals surface area contributed by atoms with Crippen molar-refractivity contribution in [1.29, 1.82) is 0 Å². The van der Waals surface area contributed by atoms with Crippen LogP contribution in [0.3, 0.4) is 0 Å². The van der Waals surface area contributed by atoms with E-state index in [1.165, 1.54) is 0 Å². The van der Waals surface area contributed by atoms with Gasteiger partial charge >= 0.3 is 0 Å². The monoisotopic (exact) mass is 328 g/mol. The number of primary amides is 1. The van der Waals surface area contributed by atoms with E-state index >= 15 is 0 Å². The highest BCUT2D eigenvalue weighted by atomic mass is 16.5. The predicted molar refractivity (Wildman–Crippen MR) is 90.0 cm³/mol. The maximum absolute atomic E-state index is 11.7. The lowest BCUT2D eigenvalue weighted by Crippen LogP contribution is -2.33. The summed E-state index contributed by atoms with van der Waals surface area (Å²) in [6, 6.07) is 16.3. The number of nitrogens with two attached hydrogens (primary N) is 1. The Labute approximate surface area is 140 Å². The van der Waals surface area contributed by atoms with E-state index in [0.29, 0.717) is 24.5 Å². The van der Waals surface area contributed by atoms with Gasteiger partial charge in [-0.25, -0.2) is 0 Å². The van der Waals surface area contributed by atoms with Gasteiger partial charge in [0.15, 0.2) is 0 Å². The SMILES string of the molecule is NC(=O)CNC(=O)c1ccc(OCCCOc2ccccc2)cc1. The van der Waals surface area contributed by atoms with E-state index in [-0.39, 0.29) is 12.5 Å². The van der Waals surface area contributed by atoms with Crippen LogP contribution in [0.5, 0.6) is 11.5 Å². The minimum Gasteiger partial charge on any atom is -0.493 e. The fourth-order valence-corrected chi connectivity index (χ4v) is 1.93. The molecule has 0 aliphatic carbocycles. The summed E-state index contributed by atoms with van der Waals surface area (Å²) in [6.07, 6.45) is 0.746. The van der Waals surface area contributed by atoms with Gasteiger partial charge in [0.25, 0.3) is 5.91 Å². The summed E-state index contributed by atoms with van der Waals surface area (Å²) in [5.41, 5.74) is 5.42. The minimum atomic E-state index is -0.582. The van der Waals surface area contributed by atoms with Crippen molar-refractivity contribution < 1.29 is 19.1 Å². The van der Waals surface area contributed by atoms with Crippen LogP contribution in [0.4, 0.5) is 0 Å². The number of nitrogens with one attached hydrogen (secondary N) is 1. The van der Waals surface area contributed by atoms with Crippen LogP contribution in [-0.4, -0.2) is 31.6 Å². The molecule has 6 nitrogen and oxygen atoms in total. The van der Waals surface area contributed by atoms with Crippen molar-refractivity contribution in [3.05, 3.63) is 60.2 Å². The van der Waals surface area contributed by atoms with Gasteiger partial charge in [0, 0.05) is 12.0 Å². The van der Waals surface area contributed by atoms with Gasteiger partial charge in [0.05, 0.1) is 19.8 Å². The van der Waals surface area contributed by atoms with Gasteiger partial charge in [-0.1, -0.05) is 18.2 Å². The molecule has 0 spiro atoms. The number of para-hydroxylation sites is 1. The number of amides is 2. The first-order chi connectivity index (χ1) is 11.6. The first-order valence-corrected chi connectivity index (χ1v) is 7.62. The zero-order valence-corrected chi connectivity index (χ0v) is 13.2. The summed E-state index contributed by atoms with van der Waals surface area (Å²) in [7, 11) is 0. The van der Waals surface area contributed by atoms with Crippen molar-refractivity contribution in [1.82, 2.24) is 5.32 Å². The molecule has 0 aromatic heterocycles. The van der Waals surface area contributed by atoms with Crippen molar-refractivity contribution >= 4 is 11.8 Å². The summed E-state index contributed by atoms with van der Waals surface area (Å²) < 4.78 is 11.2. The van der Waals surface area contributed by atoms with E-state index < -0.39 is 5.91 Å². The van der Waals surface area contributed by atoms with Gasteiger partial charge in [-0.05, 0) is 36.4 Å². The summed E-state index contributed by atoms with van der Waals surface area (Å²) in [5, 5.41) is 2.42. The van der Waals surface area contributed by atoms with Crippen LogP contribution in [0.1, 0.15) is 16.8 Å². The van der Waals surface area contributed by atoms with Gasteiger partial charge in [-0.2, -0.15) is 0 Å². The Morgan fingerprint density at radius 3 is 2.04 bits per heavy atom. The largest absolute Gasteiger partial charge is 0.493 e. The molecule has 0 heterocycles. The molecule has 0 saturated heterocycles. The van der Waals surface area contributed by atoms with Crippen molar-refractivity contribution in [2.24, 2.45) is 5.73 Å². The quantitative estimate of drug-likeness (QED) is 0.686. The molecule has 2 rings (SSSR count). The Morgan fingerprint density at radius 2 is 1.46 bits per heavy atom. The van der Waals surface area contributed by atoms with Crippen LogP contribution in [0.2, 0.25) is 0 Å². The molecule has 0 bridgehead atoms. The third kappa shape index (κ3) is 6.00. The minimum absolute atomic E-state index is 0.182. The first kappa shape index (κ1) is 17.3. The third-order valence-electron chi connectivity index (χ3n) is 3.11. The van der Waals surface area contributed by atoms with Crippen LogP contribution in [0, 0.1) is 0 Å². The number of benzene rings is 2. The summed E-state index contributed by atoms with van der Waals surface area (Å²) in [4.78, 5) is 22.3. The van der Waals surface area contributed by atoms with E-state index in [9.17, 15) is 9.59 Å². The van der Waals surface area contributed by atoms with Crippen molar-refractivity contribution in [2.75, 3.05) is 19.8 Å². The summed E-state index contributed by atoms with van der Waals surface area (Å²) >= 11 is 0. The van der Waals surface area contributed by atoms with E-state index in [1.54, 1.807) is 24.3 Å². The lowest BCUT2D eigenvalue weighted by atomic mass is 10.2. The molecule has 2 amide bonds. The van der Waals surface area contributed by atoms with Gasteiger partial charge < -0.3 is 20.5 Å². The van der Waals surface area contributed by atoms with Crippen LogP contribution in [0.25, 0.3) is 0 Å². The summed E-state index contributed by atoms with van der Waals surface area (Å²) in [6.45, 7) is 0.899. The summed E-state index contributed by atoms with van der Waals surface area (Å²) in [5.74, 6) is 0.572. The average molecular weight is 328 g/mol. The fraction of sp³-hybridized carbons (Fsp3) is 0.222. The predicted octanol–water partition coefficient (Wildman–Crippen LogP) is 1.75. The lowest BCUT2D eigenvalue weighted by molar-refractivity contribution is -0.117. The highest BCUT2D eigenvalue weighted by Gasteiger charge is 2.06. The molecule has 24 heavy (non-hydrogen) atoms. The number of ether oxygens (including phenoxy) is 2. The number of carbonyl (C=O) groups excluding carboxylic acids is 2. The smallest absolute Gasteiger partial charge is 0.251 e. The van der Waals surface area contributed by atoms with Crippen molar-refractivity contribution in [3.8, 4) is 11.5 Å². The van der Waals surface area contributed by atoms with Crippen LogP contribution >= 0.6 is 0 Å². The zero-order valence-electron chi connectivity index (χ0n) is 13.2. The maximum Gasteiger partial charge on any atom is 0.251 e. The average Bonchev–Trinajstić information content (AvgIpc) is 2.61. The molecule has 0 aliphatic rings. The van der Waals surface area contributed by atoms with E-state index in [0.717, 1.165) is 12.2 Å². The Kier molecular flexibility index (Phi) is 6.64. The number of carbonyl (C=O) groups is 2. The molecular weight excluding hydrogens is 308 g/mol. The Bertz CT molecular complexity index is 656. The van der Waals surface area contributed by atoms with Gasteiger partial charge in [-0.15, -0.1) is 0 Å². The normalized spacial score (nSPS) is 10.0. The second-order valence-electron chi connectivity index (χ2n) is 5.04. The van der Waals surface area contributed by atoms with Crippen LogP contribution in [0.15, 0.2) is 54.6 Å². The van der Waals surface area contributed by atoms with E-state index in [4.69, 9.17) is 15.2 Å². The molecule has 0 saturated carbocycles. The van der Waals surface area contributed by atoms with Crippen molar-refractivity contribution in [2.45, 2.75) is 6.42 Å². The van der Waals surface area contributed by atoms with Gasteiger partial charge in [0.1, 0.15) is 11.5 Å². The highest BCUT2D eigenvalue weighted by molar-refractivity contribution is 5.96. The topological polar surface area (TPSA) is 90.7 Å². The Balaban J connectivity index is 1.68. The number of hydrogen-bond acceptors (Lipinski definition) is 4. The molecule has 6 heteroatoms. The fourth-order valence-electron chi connectivity index (χ4n) is 1.93. The third-order valence-corrected chi connectivity index (χ3v) is 3.11. The highest BCUT2D eigenvalue weighted by Crippen LogP contribution is 2.13. The van der Waals surface area contributed by atoms with Gasteiger partial charge in [0.2, 0.25) is 5.91 Å². The standard InChI is InChI=1S/C18H20N2O4/c19-17(21)13-20-18(22)14-7-9-16(10-8-14)24-12-4-11-23-15-5-2-1-3-6-15/h1-3,5-10H,4,11-13H2,(H2,19,21)(H,20,22). The molecule has 0 aliphatic heterocycles. The molecule has 0 radical (unpaired) electrons. The molecule has 2 aromatic rings. The molecule has 0 fully saturated rings. The lowest BCUT2D eigenvalue weighted by Gasteiger charge is -2.08.